The second-order valence-corrected chi connectivity index (χ2v) is 6.47. The van der Waals surface area contributed by atoms with Crippen LogP contribution in [0.15, 0.2) is 17.1 Å². The van der Waals surface area contributed by atoms with Gasteiger partial charge in [0.25, 0.3) is 5.56 Å². The number of hydrogen-bond donors (Lipinski definition) is 2. The predicted molar refractivity (Wildman–Crippen MR) is 83.6 cm³/mol. The van der Waals surface area contributed by atoms with Gasteiger partial charge in [0.1, 0.15) is 0 Å². The highest BCUT2D eigenvalue weighted by Gasteiger charge is 2.45. The molecule has 3 rings (SSSR count). The number of nitrogens with one attached hydrogen (secondary N) is 1. The Balaban J connectivity index is 1.48. The van der Waals surface area contributed by atoms with Gasteiger partial charge >= 0.3 is 0 Å². The Bertz CT molecular complexity index is 615. The van der Waals surface area contributed by atoms with Crippen molar-refractivity contribution in [3.8, 4) is 0 Å². The molecule has 3 N–H and O–H groups in total. The number of nitrogens with zero attached hydrogens (tertiary/aromatic N) is 3. The van der Waals surface area contributed by atoms with Gasteiger partial charge in [0.2, 0.25) is 5.91 Å². The highest BCUT2D eigenvalue weighted by molar-refractivity contribution is 5.88. The molecule has 1 aromatic heterocycles. The third-order valence-corrected chi connectivity index (χ3v) is 4.73. The van der Waals surface area contributed by atoms with Gasteiger partial charge in [0, 0.05) is 32.7 Å². The summed E-state index contributed by atoms with van der Waals surface area (Å²) in [7, 11) is 1.64. The van der Waals surface area contributed by atoms with Crippen LogP contribution in [0.3, 0.4) is 0 Å². The third-order valence-electron chi connectivity index (χ3n) is 4.73. The molecular weight excluding hydrogens is 282 g/mol. The van der Waals surface area contributed by atoms with E-state index < -0.39 is 5.54 Å². The van der Waals surface area contributed by atoms with Gasteiger partial charge in [0.15, 0.2) is 0 Å². The van der Waals surface area contributed by atoms with E-state index in [1.54, 1.807) is 19.3 Å². The largest absolute Gasteiger partial charge is 0.370 e. The Kier molecular flexibility index (Phi) is 3.90. The molecule has 0 radical (unpaired) electrons. The minimum atomic E-state index is -0.587. The van der Waals surface area contributed by atoms with E-state index in [1.165, 1.54) is 4.68 Å². The lowest BCUT2D eigenvalue weighted by atomic mass is 9.96. The molecule has 1 aliphatic carbocycles. The van der Waals surface area contributed by atoms with Crippen molar-refractivity contribution in [2.45, 2.75) is 31.2 Å². The maximum absolute atomic E-state index is 11.8. The van der Waals surface area contributed by atoms with E-state index in [0.29, 0.717) is 12.5 Å². The summed E-state index contributed by atoms with van der Waals surface area (Å²) in [6.07, 6.45) is 5.31. The number of aryl methyl sites for hydroxylation is 1. The molecule has 1 saturated heterocycles. The van der Waals surface area contributed by atoms with Gasteiger partial charge in [0.05, 0.1) is 17.4 Å². The van der Waals surface area contributed by atoms with Gasteiger partial charge in [-0.2, -0.15) is 5.10 Å². The second-order valence-electron chi connectivity index (χ2n) is 6.47. The van der Waals surface area contributed by atoms with Crippen molar-refractivity contribution in [1.29, 1.82) is 0 Å². The molecule has 0 aromatic carbocycles. The average Bonchev–Trinajstić information content (AvgIpc) is 3.27. The van der Waals surface area contributed by atoms with Crippen LogP contribution in [0.5, 0.6) is 0 Å². The number of rotatable bonds is 4. The minimum Gasteiger partial charge on any atom is -0.370 e. The van der Waals surface area contributed by atoms with Crippen molar-refractivity contribution in [3.05, 3.63) is 22.6 Å². The molecule has 1 aliphatic heterocycles. The van der Waals surface area contributed by atoms with Crippen LogP contribution in [0.4, 0.5) is 5.69 Å². The number of nitrogens with two attached hydrogens (primary N) is 1. The van der Waals surface area contributed by atoms with E-state index in [2.05, 4.69) is 15.3 Å². The lowest BCUT2D eigenvalue weighted by Gasteiger charge is -2.33. The van der Waals surface area contributed by atoms with E-state index in [4.69, 9.17) is 5.73 Å². The molecule has 0 bridgehead atoms. The van der Waals surface area contributed by atoms with Crippen LogP contribution < -0.4 is 21.5 Å². The number of carbonyl (C=O) groups excluding carboxylic acids is 1. The summed E-state index contributed by atoms with van der Waals surface area (Å²) in [5.41, 5.74) is 6.07. The lowest BCUT2D eigenvalue weighted by Crippen LogP contribution is -2.46. The molecule has 120 valence electrons. The van der Waals surface area contributed by atoms with E-state index in [-0.39, 0.29) is 11.5 Å². The monoisotopic (exact) mass is 305 g/mol. The normalized spacial score (nSPS) is 20.7. The Morgan fingerprint density at radius 3 is 2.73 bits per heavy atom. The predicted octanol–water partition coefficient (Wildman–Crippen LogP) is -0.396. The average molecular weight is 305 g/mol. The lowest BCUT2D eigenvalue weighted by molar-refractivity contribution is -0.123. The number of amides is 1. The molecular formula is C15H23N5O2. The molecule has 0 atom stereocenters. The van der Waals surface area contributed by atoms with Crippen LogP contribution in [0.2, 0.25) is 0 Å². The summed E-state index contributed by atoms with van der Waals surface area (Å²) in [6, 6.07) is 1.63. The van der Waals surface area contributed by atoms with Gasteiger partial charge in [-0.1, -0.05) is 0 Å². The van der Waals surface area contributed by atoms with Crippen LogP contribution in [0.25, 0.3) is 0 Å². The van der Waals surface area contributed by atoms with Crippen molar-refractivity contribution < 1.29 is 4.79 Å². The maximum atomic E-state index is 11.8. The third kappa shape index (κ3) is 3.14. The van der Waals surface area contributed by atoms with Crippen molar-refractivity contribution in [2.24, 2.45) is 18.7 Å². The summed E-state index contributed by atoms with van der Waals surface area (Å²) in [5.74, 6) is 0.466. The zero-order chi connectivity index (χ0) is 15.7. The fraction of sp³-hybridized carbons (Fsp3) is 0.667. The molecule has 1 saturated carbocycles. The summed E-state index contributed by atoms with van der Waals surface area (Å²) in [4.78, 5) is 25.7. The molecule has 2 fully saturated rings. The van der Waals surface area contributed by atoms with Crippen LogP contribution in [0, 0.1) is 5.92 Å². The van der Waals surface area contributed by atoms with Crippen molar-refractivity contribution in [3.63, 3.8) is 0 Å². The summed E-state index contributed by atoms with van der Waals surface area (Å²) >= 11 is 0. The topological polar surface area (TPSA) is 93.2 Å². The fourth-order valence-corrected chi connectivity index (χ4v) is 2.80. The van der Waals surface area contributed by atoms with Gasteiger partial charge in [-0.3, -0.25) is 9.59 Å². The van der Waals surface area contributed by atoms with Crippen LogP contribution in [-0.2, 0) is 11.8 Å². The van der Waals surface area contributed by atoms with Crippen molar-refractivity contribution in [2.75, 3.05) is 24.5 Å². The SMILES string of the molecule is Cn1ncc(N2CCC(CNC(=O)C3(N)CC3)CC2)cc1=O. The van der Waals surface area contributed by atoms with Crippen LogP contribution in [0.1, 0.15) is 25.7 Å². The molecule has 7 nitrogen and oxygen atoms in total. The maximum Gasteiger partial charge on any atom is 0.268 e. The minimum absolute atomic E-state index is 0.00862. The van der Waals surface area contributed by atoms with Gasteiger partial charge in [-0.05, 0) is 31.6 Å². The molecule has 0 spiro atoms. The first kappa shape index (κ1) is 15.0. The van der Waals surface area contributed by atoms with Crippen molar-refractivity contribution in [1.82, 2.24) is 15.1 Å². The number of aromatic nitrogens is 2. The number of anilines is 1. The first-order valence-corrected chi connectivity index (χ1v) is 7.83. The first-order valence-electron chi connectivity index (χ1n) is 7.83. The summed E-state index contributed by atoms with van der Waals surface area (Å²) < 4.78 is 1.33. The molecule has 7 heteroatoms. The fourth-order valence-electron chi connectivity index (χ4n) is 2.80. The smallest absolute Gasteiger partial charge is 0.268 e. The zero-order valence-electron chi connectivity index (χ0n) is 12.9. The molecule has 1 aromatic rings. The molecule has 22 heavy (non-hydrogen) atoms. The Morgan fingerprint density at radius 2 is 2.14 bits per heavy atom. The Hall–Kier alpha value is -1.89. The van der Waals surface area contributed by atoms with E-state index in [9.17, 15) is 9.59 Å². The zero-order valence-corrected chi connectivity index (χ0v) is 12.9. The highest BCUT2D eigenvalue weighted by Crippen LogP contribution is 2.32. The Labute approximate surface area is 129 Å². The summed E-state index contributed by atoms with van der Waals surface area (Å²) in [6.45, 7) is 2.45. The van der Waals surface area contributed by atoms with E-state index in [1.807, 2.05) is 0 Å². The highest BCUT2D eigenvalue weighted by atomic mass is 16.2. The van der Waals surface area contributed by atoms with Crippen LogP contribution in [-0.4, -0.2) is 40.9 Å². The Morgan fingerprint density at radius 1 is 1.45 bits per heavy atom. The molecule has 0 unspecified atom stereocenters. The number of carbonyl (C=O) groups is 1. The van der Waals surface area contributed by atoms with E-state index in [0.717, 1.165) is 44.5 Å². The molecule has 2 heterocycles. The van der Waals surface area contributed by atoms with Crippen molar-refractivity contribution >= 4 is 11.6 Å². The first-order chi connectivity index (χ1) is 10.5. The standard InChI is InChI=1S/C15H23N5O2/c1-19-13(21)8-12(10-18-19)20-6-2-11(3-7-20)9-17-14(22)15(16)4-5-15/h8,10-11H,2-7,9,16H2,1H3,(H,17,22). The summed E-state index contributed by atoms with van der Waals surface area (Å²) in [5, 5.41) is 7.04. The van der Waals surface area contributed by atoms with Crippen LogP contribution >= 0.6 is 0 Å². The number of hydrogen-bond acceptors (Lipinski definition) is 5. The van der Waals surface area contributed by atoms with Gasteiger partial charge < -0.3 is 16.0 Å². The molecule has 2 aliphatic rings. The quantitative estimate of drug-likeness (QED) is 0.790. The van der Waals surface area contributed by atoms with E-state index >= 15 is 0 Å². The number of piperidine rings is 1. The van der Waals surface area contributed by atoms with Gasteiger partial charge in [-0.25, -0.2) is 4.68 Å². The second kappa shape index (κ2) is 5.72. The van der Waals surface area contributed by atoms with Gasteiger partial charge in [-0.15, -0.1) is 0 Å². The molecule has 1 amide bonds.